The molecule has 230 valence electrons. The molecule has 9 N–H and O–H groups in total. The molecule has 3 heterocycles. The number of methoxy groups -OCH3 is 1. The molecule has 0 amide bonds. The molecule has 16 nitrogen and oxygen atoms in total. The first-order valence-electron chi connectivity index (χ1n) is 12.7. The van der Waals surface area contributed by atoms with Gasteiger partial charge >= 0.3 is 0 Å². The molecule has 2 saturated heterocycles. The van der Waals surface area contributed by atoms with Crippen molar-refractivity contribution in [1.29, 1.82) is 0 Å². The van der Waals surface area contributed by atoms with E-state index < -0.39 is 91.6 Å². The molecule has 2 fully saturated rings. The molecular weight excluding hydrogens is 568 g/mol. The van der Waals surface area contributed by atoms with Crippen molar-refractivity contribution < 1.29 is 74.1 Å². The first-order valence-corrected chi connectivity index (χ1v) is 12.7. The topological polar surface area (TPSA) is 258 Å². The number of aliphatic hydroxyl groups is 7. The number of aromatic hydroxyl groups is 2. The fourth-order valence-electron chi connectivity index (χ4n) is 4.88. The minimum atomic E-state index is -1.86. The van der Waals surface area contributed by atoms with Crippen LogP contribution in [0.1, 0.15) is 0 Å². The second-order valence-corrected chi connectivity index (χ2v) is 9.90. The van der Waals surface area contributed by atoms with Crippen LogP contribution in [0.4, 0.5) is 0 Å². The fourth-order valence-corrected chi connectivity index (χ4v) is 4.88. The molecule has 3 aromatic rings. The molecule has 0 saturated carbocycles. The Kier molecular flexibility index (Phi) is 8.46. The van der Waals surface area contributed by atoms with Gasteiger partial charge in [0.2, 0.25) is 11.7 Å². The van der Waals surface area contributed by atoms with E-state index in [-0.39, 0.29) is 33.4 Å². The Morgan fingerprint density at radius 1 is 0.786 bits per heavy atom. The third kappa shape index (κ3) is 5.22. The molecule has 2 aromatic carbocycles. The lowest BCUT2D eigenvalue weighted by molar-refractivity contribution is -0.323. The monoisotopic (exact) mass is 598 g/mol. The molecule has 0 bridgehead atoms. The number of aliphatic hydroxyl groups excluding tert-OH is 7. The SMILES string of the molecule is COc1cc(O)c2c(=O)c3c(O[C@@H]4O[C@H](CO[C@@H]5O[C@H](CO)[C@@H](O)[C@H](O)[C@H]5O)[C@@H](O)[C@H](O)[C@H]4O)ccc(O)c3oc2c1. The summed E-state index contributed by atoms with van der Waals surface area (Å²) in [6, 6.07) is 4.80. The summed E-state index contributed by atoms with van der Waals surface area (Å²) in [5.41, 5.74) is -1.24. The standard InChI is InChI=1S/C26H30O16/c1-37-8-4-10(29)15-12(5-8)39-24-9(28)2-3-11(16(24)19(15)32)40-26-23(36)21(34)18(31)14(42-26)7-38-25-22(35)20(33)17(30)13(6-27)41-25/h2-5,13-14,17-18,20-23,25-31,33-36H,6-7H2,1H3/t13-,14-,17-,18-,20+,21+,22-,23-,25-,26-/m1/s1. The van der Waals surface area contributed by atoms with Crippen LogP contribution in [0.15, 0.2) is 33.5 Å². The van der Waals surface area contributed by atoms with Crippen LogP contribution in [0.2, 0.25) is 0 Å². The van der Waals surface area contributed by atoms with Crippen molar-refractivity contribution in [3.8, 4) is 23.0 Å². The molecule has 16 heteroatoms. The highest BCUT2D eigenvalue weighted by Crippen LogP contribution is 2.37. The van der Waals surface area contributed by atoms with E-state index in [1.54, 1.807) is 0 Å². The summed E-state index contributed by atoms with van der Waals surface area (Å²) >= 11 is 0. The van der Waals surface area contributed by atoms with Crippen LogP contribution < -0.4 is 14.9 Å². The summed E-state index contributed by atoms with van der Waals surface area (Å²) in [6.07, 6.45) is -16.6. The summed E-state index contributed by atoms with van der Waals surface area (Å²) in [7, 11) is 1.34. The maximum atomic E-state index is 13.4. The second kappa shape index (κ2) is 11.8. The van der Waals surface area contributed by atoms with Crippen molar-refractivity contribution in [2.24, 2.45) is 0 Å². The predicted octanol–water partition coefficient (Wildman–Crippen LogP) is -2.63. The third-order valence-electron chi connectivity index (χ3n) is 7.24. The smallest absolute Gasteiger partial charge is 0.229 e. The van der Waals surface area contributed by atoms with Crippen molar-refractivity contribution in [2.75, 3.05) is 20.3 Å². The van der Waals surface area contributed by atoms with E-state index in [1.165, 1.54) is 19.2 Å². The number of benzene rings is 2. The molecular formula is C26H30O16. The number of phenols is 2. The second-order valence-electron chi connectivity index (χ2n) is 9.90. The highest BCUT2D eigenvalue weighted by Gasteiger charge is 2.48. The van der Waals surface area contributed by atoms with Gasteiger partial charge in [0.15, 0.2) is 17.6 Å². The van der Waals surface area contributed by atoms with E-state index in [1.807, 2.05) is 0 Å². The summed E-state index contributed by atoms with van der Waals surface area (Å²) in [4.78, 5) is 13.4. The number of ether oxygens (including phenoxy) is 5. The Morgan fingerprint density at radius 3 is 2.10 bits per heavy atom. The van der Waals surface area contributed by atoms with Gasteiger partial charge in [-0.05, 0) is 12.1 Å². The first kappa shape index (κ1) is 30.2. The molecule has 0 spiro atoms. The molecule has 2 aliphatic heterocycles. The van der Waals surface area contributed by atoms with E-state index in [9.17, 15) is 50.8 Å². The summed E-state index contributed by atoms with van der Waals surface area (Å²) in [5, 5.41) is 91.2. The van der Waals surface area contributed by atoms with E-state index in [4.69, 9.17) is 28.1 Å². The molecule has 0 radical (unpaired) electrons. The molecule has 2 aliphatic rings. The van der Waals surface area contributed by atoms with Gasteiger partial charge in [-0.25, -0.2) is 0 Å². The lowest BCUT2D eigenvalue weighted by Gasteiger charge is -2.42. The molecule has 42 heavy (non-hydrogen) atoms. The van der Waals surface area contributed by atoms with Gasteiger partial charge < -0.3 is 74.1 Å². The van der Waals surface area contributed by atoms with Crippen LogP contribution >= 0.6 is 0 Å². The Labute approximate surface area is 235 Å². The number of fused-ring (bicyclic) bond motifs is 2. The van der Waals surface area contributed by atoms with Crippen LogP contribution in [-0.4, -0.2) is 128 Å². The first-order chi connectivity index (χ1) is 20.0. The van der Waals surface area contributed by atoms with Gasteiger partial charge in [-0.1, -0.05) is 0 Å². The van der Waals surface area contributed by atoms with Gasteiger partial charge in [0.05, 0.1) is 20.3 Å². The molecule has 10 atom stereocenters. The van der Waals surface area contributed by atoms with E-state index in [0.717, 1.165) is 12.1 Å². The Balaban J connectivity index is 1.42. The van der Waals surface area contributed by atoms with Crippen molar-refractivity contribution in [3.05, 3.63) is 34.5 Å². The van der Waals surface area contributed by atoms with Crippen LogP contribution in [0.25, 0.3) is 21.9 Å². The van der Waals surface area contributed by atoms with Crippen LogP contribution in [0, 0.1) is 0 Å². The van der Waals surface area contributed by atoms with Crippen molar-refractivity contribution >= 4 is 21.9 Å². The highest BCUT2D eigenvalue weighted by atomic mass is 16.7. The average Bonchev–Trinajstić information content (AvgIpc) is 2.97. The van der Waals surface area contributed by atoms with Gasteiger partial charge in [-0.3, -0.25) is 4.79 Å². The average molecular weight is 599 g/mol. The lowest BCUT2D eigenvalue weighted by Crippen LogP contribution is -2.62. The summed E-state index contributed by atoms with van der Waals surface area (Å²) < 4.78 is 32.7. The minimum Gasteiger partial charge on any atom is -0.507 e. The highest BCUT2D eigenvalue weighted by molar-refractivity contribution is 5.98. The van der Waals surface area contributed by atoms with Gasteiger partial charge in [0.1, 0.15) is 82.4 Å². The largest absolute Gasteiger partial charge is 0.507 e. The number of hydrogen-bond acceptors (Lipinski definition) is 16. The maximum absolute atomic E-state index is 13.4. The number of phenolic OH excluding ortho intramolecular Hbond substituents is 2. The Bertz CT molecular complexity index is 1490. The normalized spacial score (nSPS) is 33.6. The van der Waals surface area contributed by atoms with Crippen molar-refractivity contribution in [2.45, 2.75) is 61.4 Å². The summed E-state index contributed by atoms with van der Waals surface area (Å²) in [6.45, 7) is -1.31. The number of hydrogen-bond donors (Lipinski definition) is 9. The van der Waals surface area contributed by atoms with E-state index in [2.05, 4.69) is 0 Å². The summed E-state index contributed by atoms with van der Waals surface area (Å²) in [5.74, 6) is -1.04. The van der Waals surface area contributed by atoms with Crippen molar-refractivity contribution in [3.63, 3.8) is 0 Å². The minimum absolute atomic E-state index is 0.102. The maximum Gasteiger partial charge on any atom is 0.229 e. The lowest BCUT2D eigenvalue weighted by atomic mass is 9.98. The molecule has 0 unspecified atom stereocenters. The van der Waals surface area contributed by atoms with Crippen LogP contribution in [0.5, 0.6) is 23.0 Å². The fraction of sp³-hybridized carbons (Fsp3) is 0.500. The van der Waals surface area contributed by atoms with Gasteiger partial charge in [0, 0.05) is 12.1 Å². The predicted molar refractivity (Wildman–Crippen MR) is 137 cm³/mol. The Morgan fingerprint density at radius 2 is 1.43 bits per heavy atom. The van der Waals surface area contributed by atoms with Crippen LogP contribution in [-0.2, 0) is 14.2 Å². The van der Waals surface area contributed by atoms with Crippen LogP contribution in [0.3, 0.4) is 0 Å². The molecule has 5 rings (SSSR count). The van der Waals surface area contributed by atoms with Gasteiger partial charge in [-0.2, -0.15) is 0 Å². The third-order valence-corrected chi connectivity index (χ3v) is 7.24. The number of rotatable bonds is 7. The zero-order valence-corrected chi connectivity index (χ0v) is 21.9. The Hall–Kier alpha value is -3.29. The molecule has 0 aliphatic carbocycles. The zero-order chi connectivity index (χ0) is 30.5. The van der Waals surface area contributed by atoms with Crippen molar-refractivity contribution in [1.82, 2.24) is 0 Å². The van der Waals surface area contributed by atoms with Gasteiger partial charge in [0.25, 0.3) is 0 Å². The quantitative estimate of drug-likeness (QED) is 0.126. The van der Waals surface area contributed by atoms with E-state index >= 15 is 0 Å². The zero-order valence-electron chi connectivity index (χ0n) is 21.9. The van der Waals surface area contributed by atoms with E-state index in [0.29, 0.717) is 0 Å². The van der Waals surface area contributed by atoms with Gasteiger partial charge in [-0.15, -0.1) is 0 Å². The molecule has 1 aromatic heterocycles.